The van der Waals surface area contributed by atoms with E-state index in [4.69, 9.17) is 4.74 Å². The van der Waals surface area contributed by atoms with Gasteiger partial charge >= 0.3 is 0 Å². The normalized spacial score (nSPS) is 27.3. The van der Waals surface area contributed by atoms with Crippen molar-refractivity contribution in [1.29, 1.82) is 0 Å². The summed E-state index contributed by atoms with van der Waals surface area (Å²) < 4.78 is 18.6. The summed E-state index contributed by atoms with van der Waals surface area (Å²) in [5.41, 5.74) is 1.98. The lowest BCUT2D eigenvalue weighted by atomic mass is 10.0. The van der Waals surface area contributed by atoms with Crippen LogP contribution in [0.15, 0.2) is 18.2 Å². The van der Waals surface area contributed by atoms with Crippen LogP contribution in [0.4, 0.5) is 10.1 Å². The summed E-state index contributed by atoms with van der Waals surface area (Å²) >= 11 is 0. The van der Waals surface area contributed by atoms with Crippen LogP contribution < -0.4 is 15.5 Å². The van der Waals surface area contributed by atoms with Gasteiger partial charge in [-0.15, -0.1) is 0 Å². The summed E-state index contributed by atoms with van der Waals surface area (Å²) in [6.07, 6.45) is 2.82. The van der Waals surface area contributed by atoms with Gasteiger partial charge in [-0.25, -0.2) is 4.39 Å². The fraction of sp³-hybridized carbons (Fsp3) is 0.611. The van der Waals surface area contributed by atoms with Crippen molar-refractivity contribution in [3.05, 3.63) is 29.6 Å². The van der Waals surface area contributed by atoms with Crippen LogP contribution in [-0.2, 0) is 9.53 Å². The second-order valence-corrected chi connectivity index (χ2v) is 6.78. The number of hydrogen-bond donors (Lipinski definition) is 2. The van der Waals surface area contributed by atoms with Gasteiger partial charge in [-0.1, -0.05) is 0 Å². The van der Waals surface area contributed by atoms with Gasteiger partial charge in [0.25, 0.3) is 0 Å². The molecule has 0 unspecified atom stereocenters. The van der Waals surface area contributed by atoms with Crippen LogP contribution in [0.3, 0.4) is 0 Å². The molecule has 2 fully saturated rings. The van der Waals surface area contributed by atoms with E-state index in [9.17, 15) is 9.18 Å². The molecule has 1 aromatic carbocycles. The summed E-state index contributed by atoms with van der Waals surface area (Å²) in [7, 11) is 1.68. The predicted octanol–water partition coefficient (Wildman–Crippen LogP) is 1.60. The van der Waals surface area contributed by atoms with E-state index in [1.165, 1.54) is 6.07 Å². The largest absolute Gasteiger partial charge is 0.380 e. The third-order valence-corrected chi connectivity index (χ3v) is 5.01. The Labute approximate surface area is 142 Å². The number of anilines is 1. The van der Waals surface area contributed by atoms with Crippen LogP contribution in [0.5, 0.6) is 0 Å². The van der Waals surface area contributed by atoms with Gasteiger partial charge in [-0.2, -0.15) is 0 Å². The number of aryl methyl sites for hydroxylation is 1. The summed E-state index contributed by atoms with van der Waals surface area (Å²) in [5, 5.41) is 6.38. The number of nitrogens with one attached hydrogen (secondary N) is 2. The van der Waals surface area contributed by atoms with E-state index in [-0.39, 0.29) is 29.9 Å². The molecule has 0 bridgehead atoms. The van der Waals surface area contributed by atoms with E-state index in [2.05, 4.69) is 15.5 Å². The number of nitrogens with zero attached hydrogens (tertiary/aromatic N) is 1. The molecular weight excluding hydrogens is 309 g/mol. The molecule has 132 valence electrons. The number of hydrogen-bond acceptors (Lipinski definition) is 4. The van der Waals surface area contributed by atoms with E-state index in [0.717, 1.165) is 50.1 Å². The number of rotatable bonds is 4. The lowest BCUT2D eigenvalue weighted by Crippen LogP contribution is -2.52. The lowest BCUT2D eigenvalue weighted by Gasteiger charge is -2.36. The lowest BCUT2D eigenvalue weighted by molar-refractivity contribution is -0.123. The minimum absolute atomic E-state index is 0.0530. The second kappa shape index (κ2) is 7.49. The first-order chi connectivity index (χ1) is 11.6. The van der Waals surface area contributed by atoms with Crippen molar-refractivity contribution in [2.75, 3.05) is 31.6 Å². The van der Waals surface area contributed by atoms with Crippen LogP contribution in [0.1, 0.15) is 24.8 Å². The topological polar surface area (TPSA) is 53.6 Å². The van der Waals surface area contributed by atoms with E-state index >= 15 is 0 Å². The number of ether oxygens (including phenoxy) is 1. The van der Waals surface area contributed by atoms with Gasteiger partial charge in [0.1, 0.15) is 5.82 Å². The van der Waals surface area contributed by atoms with Crippen molar-refractivity contribution in [2.45, 2.75) is 44.4 Å². The maximum absolute atomic E-state index is 13.3. The molecule has 2 heterocycles. The van der Waals surface area contributed by atoms with E-state index < -0.39 is 0 Å². The van der Waals surface area contributed by atoms with Crippen molar-refractivity contribution < 1.29 is 13.9 Å². The zero-order valence-electron chi connectivity index (χ0n) is 14.3. The van der Waals surface area contributed by atoms with E-state index in [1.54, 1.807) is 13.2 Å². The first kappa shape index (κ1) is 17.2. The third-order valence-electron chi connectivity index (χ3n) is 5.01. The van der Waals surface area contributed by atoms with Crippen LogP contribution in [0.2, 0.25) is 0 Å². The number of benzene rings is 1. The number of piperidine rings is 1. The zero-order chi connectivity index (χ0) is 17.1. The second-order valence-electron chi connectivity index (χ2n) is 6.78. The highest BCUT2D eigenvalue weighted by atomic mass is 19.1. The molecule has 0 saturated carbocycles. The first-order valence-electron chi connectivity index (χ1n) is 8.64. The maximum atomic E-state index is 13.3. The standard InChI is InChI=1S/C18H26FN3O2/c1-12-8-13(19)5-6-17(12)22-7-3-4-14(11-22)21-18(23)16-9-15(24-2)10-20-16/h5-6,8,14-16,20H,3-4,7,9-11H2,1-2H3,(H,21,23)/t14-,15+,16-/m1/s1. The number of halogens is 1. The molecule has 3 atom stereocenters. The summed E-state index contributed by atoms with van der Waals surface area (Å²) in [4.78, 5) is 14.7. The molecule has 2 N–H and O–H groups in total. The van der Waals surface area contributed by atoms with Crippen LogP contribution in [-0.4, -0.2) is 50.8 Å². The molecule has 1 aromatic rings. The van der Waals surface area contributed by atoms with Crippen LogP contribution in [0, 0.1) is 12.7 Å². The summed E-state index contributed by atoms with van der Waals surface area (Å²) in [6.45, 7) is 4.35. The number of amides is 1. The van der Waals surface area contributed by atoms with Gasteiger partial charge in [0.15, 0.2) is 0 Å². The third kappa shape index (κ3) is 3.87. The number of carbonyl (C=O) groups is 1. The Bertz CT molecular complexity index is 596. The highest BCUT2D eigenvalue weighted by Crippen LogP contribution is 2.24. The first-order valence-corrected chi connectivity index (χ1v) is 8.64. The molecule has 0 spiro atoms. The minimum Gasteiger partial charge on any atom is -0.380 e. The fourth-order valence-corrected chi connectivity index (χ4v) is 3.67. The van der Waals surface area contributed by atoms with Crippen molar-refractivity contribution in [3.63, 3.8) is 0 Å². The van der Waals surface area contributed by atoms with Crippen molar-refractivity contribution >= 4 is 11.6 Å². The van der Waals surface area contributed by atoms with Crippen LogP contribution >= 0.6 is 0 Å². The van der Waals surface area contributed by atoms with E-state index in [1.807, 2.05) is 13.0 Å². The van der Waals surface area contributed by atoms with Crippen molar-refractivity contribution in [1.82, 2.24) is 10.6 Å². The Balaban J connectivity index is 1.58. The Kier molecular flexibility index (Phi) is 5.36. The highest BCUT2D eigenvalue weighted by molar-refractivity contribution is 5.82. The van der Waals surface area contributed by atoms with Gasteiger partial charge in [0.2, 0.25) is 5.91 Å². The fourth-order valence-electron chi connectivity index (χ4n) is 3.67. The molecule has 0 radical (unpaired) electrons. The van der Waals surface area contributed by atoms with Crippen molar-refractivity contribution in [3.8, 4) is 0 Å². The minimum atomic E-state index is -0.210. The molecule has 0 aromatic heterocycles. The summed E-state index contributed by atoms with van der Waals surface area (Å²) in [5.74, 6) is -0.157. The molecule has 2 aliphatic rings. The Morgan fingerprint density at radius 2 is 2.29 bits per heavy atom. The van der Waals surface area contributed by atoms with Gasteiger partial charge in [0, 0.05) is 38.5 Å². The molecule has 24 heavy (non-hydrogen) atoms. The van der Waals surface area contributed by atoms with E-state index in [0.29, 0.717) is 0 Å². The monoisotopic (exact) mass is 335 g/mol. The molecule has 2 saturated heterocycles. The van der Waals surface area contributed by atoms with Crippen molar-refractivity contribution in [2.24, 2.45) is 0 Å². The SMILES string of the molecule is CO[C@@H]1CN[C@@H](C(=O)N[C@@H]2CCCN(c3ccc(F)cc3C)C2)C1. The van der Waals surface area contributed by atoms with Crippen LogP contribution in [0.25, 0.3) is 0 Å². The molecule has 5 nitrogen and oxygen atoms in total. The molecule has 2 aliphatic heterocycles. The van der Waals surface area contributed by atoms with Gasteiger partial charge in [0.05, 0.1) is 12.1 Å². The Hall–Kier alpha value is -1.66. The zero-order valence-corrected chi connectivity index (χ0v) is 14.3. The summed E-state index contributed by atoms with van der Waals surface area (Å²) in [6, 6.07) is 4.84. The van der Waals surface area contributed by atoms with Gasteiger partial charge < -0.3 is 20.3 Å². The quantitative estimate of drug-likeness (QED) is 0.878. The number of carbonyl (C=O) groups excluding carboxylic acids is 1. The highest BCUT2D eigenvalue weighted by Gasteiger charge is 2.31. The maximum Gasteiger partial charge on any atom is 0.237 e. The molecule has 6 heteroatoms. The average molecular weight is 335 g/mol. The van der Waals surface area contributed by atoms with Gasteiger partial charge in [-0.3, -0.25) is 4.79 Å². The smallest absolute Gasteiger partial charge is 0.237 e. The average Bonchev–Trinajstić information content (AvgIpc) is 3.04. The molecule has 0 aliphatic carbocycles. The molecule has 3 rings (SSSR count). The van der Waals surface area contributed by atoms with Gasteiger partial charge in [-0.05, 0) is 49.9 Å². The predicted molar refractivity (Wildman–Crippen MR) is 91.7 cm³/mol. The Morgan fingerprint density at radius 3 is 3.00 bits per heavy atom. The Morgan fingerprint density at radius 1 is 1.46 bits per heavy atom. The molecule has 1 amide bonds. The number of methoxy groups -OCH3 is 1. The molecular formula is C18H26FN3O2.